The molecule has 0 aromatic heterocycles. The van der Waals surface area contributed by atoms with Crippen molar-refractivity contribution in [2.45, 2.75) is 65.3 Å². The Balaban J connectivity index is 2.60. The van der Waals surface area contributed by atoms with Crippen molar-refractivity contribution in [1.82, 2.24) is 10.2 Å². The summed E-state index contributed by atoms with van der Waals surface area (Å²) in [6.45, 7) is 7.32. The Morgan fingerprint density at radius 1 is 1.21 bits per heavy atom. The van der Waals surface area contributed by atoms with Gasteiger partial charge >= 0.3 is 0 Å². The van der Waals surface area contributed by atoms with E-state index in [2.05, 4.69) is 12.2 Å². The van der Waals surface area contributed by atoms with Crippen molar-refractivity contribution in [3.63, 3.8) is 0 Å². The molecule has 1 heterocycles. The molecule has 0 aromatic rings. The Bertz CT molecular complexity index is 305. The van der Waals surface area contributed by atoms with Gasteiger partial charge in [0, 0.05) is 32.5 Å². The first-order chi connectivity index (χ1) is 9.06. The van der Waals surface area contributed by atoms with E-state index in [4.69, 9.17) is 0 Å². The molecule has 1 aliphatic rings. The van der Waals surface area contributed by atoms with E-state index >= 15 is 0 Å². The van der Waals surface area contributed by atoms with Gasteiger partial charge in [-0.3, -0.25) is 9.59 Å². The zero-order valence-corrected chi connectivity index (χ0v) is 12.6. The number of carbonyl (C=O) groups excluding carboxylic acids is 2. The van der Waals surface area contributed by atoms with E-state index in [-0.39, 0.29) is 17.9 Å². The highest BCUT2D eigenvalue weighted by Gasteiger charge is 2.29. The van der Waals surface area contributed by atoms with Crippen molar-refractivity contribution in [2.24, 2.45) is 5.92 Å². The summed E-state index contributed by atoms with van der Waals surface area (Å²) < 4.78 is 0. The first-order valence-electron chi connectivity index (χ1n) is 7.61. The minimum Gasteiger partial charge on any atom is -0.352 e. The van der Waals surface area contributed by atoms with E-state index in [1.807, 2.05) is 11.8 Å². The lowest BCUT2D eigenvalue weighted by atomic mass is 9.89. The van der Waals surface area contributed by atoms with E-state index in [0.717, 1.165) is 25.8 Å². The van der Waals surface area contributed by atoms with Crippen molar-refractivity contribution >= 4 is 11.8 Å². The number of hydrogen-bond donors (Lipinski definition) is 1. The van der Waals surface area contributed by atoms with Crippen molar-refractivity contribution < 1.29 is 9.59 Å². The highest BCUT2D eigenvalue weighted by molar-refractivity contribution is 5.77. The van der Waals surface area contributed by atoms with Gasteiger partial charge in [0.15, 0.2) is 0 Å². The lowest BCUT2D eigenvalue weighted by molar-refractivity contribution is -0.134. The van der Waals surface area contributed by atoms with Crippen molar-refractivity contribution in [3.05, 3.63) is 0 Å². The number of nitrogens with one attached hydrogen (secondary N) is 1. The van der Waals surface area contributed by atoms with Gasteiger partial charge in [0.1, 0.15) is 0 Å². The average Bonchev–Trinajstić information content (AvgIpc) is 2.35. The third-order valence-electron chi connectivity index (χ3n) is 3.73. The van der Waals surface area contributed by atoms with Crippen molar-refractivity contribution in [1.29, 1.82) is 0 Å². The third-order valence-corrected chi connectivity index (χ3v) is 3.73. The van der Waals surface area contributed by atoms with Crippen LogP contribution in [-0.4, -0.2) is 35.8 Å². The molecule has 1 N–H and O–H groups in total. The molecule has 1 saturated heterocycles. The summed E-state index contributed by atoms with van der Waals surface area (Å²) in [6.07, 6.45) is 6.06. The summed E-state index contributed by atoms with van der Waals surface area (Å²) in [5, 5.41) is 2.98. The quantitative estimate of drug-likeness (QED) is 0.804. The fourth-order valence-corrected chi connectivity index (χ4v) is 2.87. The van der Waals surface area contributed by atoms with Crippen molar-refractivity contribution in [2.75, 3.05) is 13.1 Å². The molecule has 110 valence electrons. The van der Waals surface area contributed by atoms with Gasteiger partial charge in [-0.25, -0.2) is 0 Å². The molecular weight excluding hydrogens is 240 g/mol. The molecule has 0 saturated carbocycles. The van der Waals surface area contributed by atoms with Gasteiger partial charge in [-0.1, -0.05) is 26.7 Å². The first-order valence-corrected chi connectivity index (χ1v) is 7.61. The van der Waals surface area contributed by atoms with Crippen LogP contribution < -0.4 is 5.32 Å². The second kappa shape index (κ2) is 8.18. The maximum absolute atomic E-state index is 12.1. The van der Waals surface area contributed by atoms with Gasteiger partial charge in [0.2, 0.25) is 11.8 Å². The van der Waals surface area contributed by atoms with Gasteiger partial charge in [-0.2, -0.15) is 0 Å². The van der Waals surface area contributed by atoms with E-state index in [9.17, 15) is 9.59 Å². The van der Waals surface area contributed by atoms with E-state index < -0.39 is 0 Å². The number of hydrogen-bond acceptors (Lipinski definition) is 2. The second-order valence-corrected chi connectivity index (χ2v) is 5.69. The van der Waals surface area contributed by atoms with Gasteiger partial charge in [-0.05, 0) is 25.2 Å². The second-order valence-electron chi connectivity index (χ2n) is 5.69. The van der Waals surface area contributed by atoms with E-state index in [1.165, 1.54) is 12.8 Å². The first kappa shape index (κ1) is 16.0. The van der Waals surface area contributed by atoms with Crippen LogP contribution in [0.15, 0.2) is 0 Å². The lowest BCUT2D eigenvalue weighted by Crippen LogP contribution is -2.52. The summed E-state index contributed by atoms with van der Waals surface area (Å²) in [4.78, 5) is 25.2. The van der Waals surface area contributed by atoms with Gasteiger partial charge in [-0.15, -0.1) is 0 Å². The smallest absolute Gasteiger partial charge is 0.222 e. The molecule has 2 atom stereocenters. The van der Waals surface area contributed by atoms with Crippen LogP contribution in [0.4, 0.5) is 0 Å². The average molecular weight is 268 g/mol. The minimum absolute atomic E-state index is 0.00373. The molecule has 19 heavy (non-hydrogen) atoms. The summed E-state index contributed by atoms with van der Waals surface area (Å²) in [7, 11) is 0. The number of unbranched alkanes of at least 4 members (excludes halogenated alkanes) is 1. The number of rotatable bonds is 6. The minimum atomic E-state index is 0.00373. The topological polar surface area (TPSA) is 49.4 Å². The summed E-state index contributed by atoms with van der Waals surface area (Å²) in [6, 6.07) is 0.133. The Morgan fingerprint density at radius 3 is 2.53 bits per heavy atom. The molecule has 2 amide bonds. The van der Waals surface area contributed by atoms with Crippen LogP contribution in [0.2, 0.25) is 0 Å². The largest absolute Gasteiger partial charge is 0.352 e. The molecular formula is C15H28N2O2. The summed E-state index contributed by atoms with van der Waals surface area (Å²) in [5.74, 6) is 0.773. The normalized spacial score (nSPS) is 23.2. The molecule has 0 spiro atoms. The molecule has 4 heteroatoms. The monoisotopic (exact) mass is 268 g/mol. The predicted octanol–water partition coefficient (Wildman–Crippen LogP) is 2.33. The molecule has 0 aliphatic carbocycles. The number of amides is 2. The molecule has 1 aliphatic heterocycles. The molecule has 0 aromatic carbocycles. The molecule has 4 nitrogen and oxygen atoms in total. The zero-order valence-electron chi connectivity index (χ0n) is 12.6. The predicted molar refractivity (Wildman–Crippen MR) is 76.7 cm³/mol. The maximum Gasteiger partial charge on any atom is 0.222 e. The Morgan fingerprint density at radius 2 is 1.95 bits per heavy atom. The number of likely N-dealkylation sites (tertiary alicyclic amines) is 1. The Labute approximate surface area is 116 Å². The van der Waals surface area contributed by atoms with Crippen LogP contribution in [0.3, 0.4) is 0 Å². The van der Waals surface area contributed by atoms with Crippen molar-refractivity contribution in [3.8, 4) is 0 Å². The number of piperidine rings is 1. The molecule has 0 radical (unpaired) electrons. The van der Waals surface area contributed by atoms with Crippen LogP contribution in [0.1, 0.15) is 59.3 Å². The van der Waals surface area contributed by atoms with Gasteiger partial charge in [0.25, 0.3) is 0 Å². The third kappa shape index (κ3) is 5.62. The summed E-state index contributed by atoms with van der Waals surface area (Å²) >= 11 is 0. The van der Waals surface area contributed by atoms with E-state index in [0.29, 0.717) is 18.9 Å². The standard InChI is InChI=1S/C15H28N2O2/c1-4-6-8-13-9-14(16-12(3)18)11-17(10-13)15(19)7-5-2/h13-14H,4-11H2,1-3H3,(H,16,18). The highest BCUT2D eigenvalue weighted by atomic mass is 16.2. The van der Waals surface area contributed by atoms with E-state index in [1.54, 1.807) is 6.92 Å². The lowest BCUT2D eigenvalue weighted by Gasteiger charge is -2.38. The molecule has 1 fully saturated rings. The van der Waals surface area contributed by atoms with Crippen LogP contribution in [-0.2, 0) is 9.59 Å². The SMILES string of the molecule is CCCCC1CC(NC(C)=O)CN(C(=O)CCC)C1. The molecule has 0 bridgehead atoms. The highest BCUT2D eigenvalue weighted by Crippen LogP contribution is 2.23. The van der Waals surface area contributed by atoms with Crippen LogP contribution in [0.25, 0.3) is 0 Å². The fourth-order valence-electron chi connectivity index (χ4n) is 2.87. The van der Waals surface area contributed by atoms with Gasteiger partial charge < -0.3 is 10.2 Å². The van der Waals surface area contributed by atoms with Crippen LogP contribution in [0.5, 0.6) is 0 Å². The molecule has 1 rings (SSSR count). The maximum atomic E-state index is 12.1. The number of carbonyl (C=O) groups is 2. The molecule has 2 unspecified atom stereocenters. The Kier molecular flexibility index (Phi) is 6.89. The summed E-state index contributed by atoms with van der Waals surface area (Å²) in [5.41, 5.74) is 0. The van der Waals surface area contributed by atoms with Crippen LogP contribution >= 0.6 is 0 Å². The fraction of sp³-hybridized carbons (Fsp3) is 0.867. The Hall–Kier alpha value is -1.06. The number of nitrogens with zero attached hydrogens (tertiary/aromatic N) is 1. The van der Waals surface area contributed by atoms with Gasteiger partial charge in [0.05, 0.1) is 0 Å². The zero-order chi connectivity index (χ0) is 14.3. The van der Waals surface area contributed by atoms with Crippen LogP contribution in [0, 0.1) is 5.92 Å².